The monoisotopic (exact) mass is 213 g/mol. The third-order valence-corrected chi connectivity index (χ3v) is 2.92. The smallest absolute Gasteiger partial charge is 0.240 e. The minimum absolute atomic E-state index is 0.00241. The molecule has 0 amide bonds. The van der Waals surface area contributed by atoms with Gasteiger partial charge in [0.25, 0.3) is 0 Å². The van der Waals surface area contributed by atoms with Gasteiger partial charge in [0.05, 0.1) is 11.0 Å². The number of pyridine rings is 1. The molecule has 0 spiro atoms. The van der Waals surface area contributed by atoms with E-state index in [2.05, 4.69) is 9.97 Å². The van der Waals surface area contributed by atoms with Gasteiger partial charge in [-0.3, -0.25) is 0 Å². The molecule has 0 fully saturated rings. The van der Waals surface area contributed by atoms with Gasteiger partial charge in [-0.15, -0.1) is 0 Å². The van der Waals surface area contributed by atoms with Crippen molar-refractivity contribution >= 4 is 21.9 Å². The van der Waals surface area contributed by atoms with Gasteiger partial charge in [-0.25, -0.2) is 9.97 Å². The van der Waals surface area contributed by atoms with E-state index in [1.165, 1.54) is 0 Å². The van der Waals surface area contributed by atoms with Crippen LogP contribution in [0.4, 0.5) is 0 Å². The summed E-state index contributed by atoms with van der Waals surface area (Å²) in [7, 11) is 1.94. The highest BCUT2D eigenvalue weighted by Crippen LogP contribution is 2.29. The second-order valence-corrected chi connectivity index (χ2v) is 3.87. The summed E-state index contributed by atoms with van der Waals surface area (Å²) in [5, 5.41) is 10.8. The van der Waals surface area contributed by atoms with Crippen LogP contribution >= 0.6 is 0 Å². The van der Waals surface area contributed by atoms with Crippen molar-refractivity contribution in [3.63, 3.8) is 0 Å². The van der Waals surface area contributed by atoms with Crippen molar-refractivity contribution in [2.75, 3.05) is 0 Å². The molecule has 0 saturated carbocycles. The summed E-state index contributed by atoms with van der Waals surface area (Å²) in [4.78, 5) is 8.45. The maximum Gasteiger partial charge on any atom is 0.240 e. The van der Waals surface area contributed by atoms with E-state index in [0.717, 1.165) is 22.2 Å². The molecule has 16 heavy (non-hydrogen) atoms. The highest BCUT2D eigenvalue weighted by atomic mass is 16.3. The summed E-state index contributed by atoms with van der Waals surface area (Å²) < 4.78 is 1.97. The van der Waals surface area contributed by atoms with Gasteiger partial charge in [0.2, 0.25) is 5.88 Å². The van der Waals surface area contributed by atoms with Gasteiger partial charge in [0.1, 0.15) is 5.82 Å². The Morgan fingerprint density at radius 3 is 2.75 bits per heavy atom. The molecular formula is C12H11N3O. The number of rotatable bonds is 0. The Labute approximate surface area is 92.2 Å². The topological polar surface area (TPSA) is 50.9 Å². The quantitative estimate of drug-likeness (QED) is 0.622. The molecule has 1 aromatic carbocycles. The van der Waals surface area contributed by atoms with Crippen molar-refractivity contribution in [3.05, 3.63) is 30.1 Å². The number of fused-ring (bicyclic) bond motifs is 3. The molecule has 4 nitrogen and oxygen atoms in total. The molecule has 0 aliphatic rings. The predicted octanol–water partition coefficient (Wildman–Crippen LogP) is 2.14. The van der Waals surface area contributed by atoms with E-state index in [9.17, 15) is 5.11 Å². The van der Waals surface area contributed by atoms with Crippen molar-refractivity contribution in [1.82, 2.24) is 14.5 Å². The lowest BCUT2D eigenvalue weighted by Gasteiger charge is -2.02. The molecule has 0 unspecified atom stereocenters. The molecule has 4 heteroatoms. The number of nitrogens with zero attached hydrogens (tertiary/aromatic N) is 3. The third-order valence-electron chi connectivity index (χ3n) is 2.92. The summed E-state index contributed by atoms with van der Waals surface area (Å²) in [5.74, 6) is 0.862. The van der Waals surface area contributed by atoms with Crippen LogP contribution in [0.3, 0.4) is 0 Å². The van der Waals surface area contributed by atoms with E-state index in [-0.39, 0.29) is 5.88 Å². The highest BCUT2D eigenvalue weighted by Gasteiger charge is 2.13. The Bertz CT molecular complexity index is 700. The minimum Gasteiger partial charge on any atom is -0.492 e. The Balaban J connectivity index is 2.67. The summed E-state index contributed by atoms with van der Waals surface area (Å²) >= 11 is 0. The average Bonchev–Trinajstić information content (AvgIpc) is 2.57. The number of hydrogen-bond donors (Lipinski definition) is 1. The van der Waals surface area contributed by atoms with Crippen molar-refractivity contribution in [2.24, 2.45) is 7.05 Å². The Morgan fingerprint density at radius 2 is 1.94 bits per heavy atom. The first-order valence-corrected chi connectivity index (χ1v) is 5.09. The molecule has 2 aromatic heterocycles. The number of benzene rings is 1. The van der Waals surface area contributed by atoms with Crippen LogP contribution in [-0.2, 0) is 7.05 Å². The maximum atomic E-state index is 9.82. The van der Waals surface area contributed by atoms with Crippen LogP contribution in [0.15, 0.2) is 24.3 Å². The maximum absolute atomic E-state index is 9.82. The van der Waals surface area contributed by atoms with Crippen molar-refractivity contribution in [2.45, 2.75) is 6.92 Å². The fraction of sp³-hybridized carbons (Fsp3) is 0.167. The van der Waals surface area contributed by atoms with E-state index in [1.54, 1.807) is 0 Å². The number of para-hydroxylation sites is 1. The van der Waals surface area contributed by atoms with Gasteiger partial charge in [-0.1, -0.05) is 18.2 Å². The summed E-state index contributed by atoms with van der Waals surface area (Å²) in [5.41, 5.74) is 2.29. The molecule has 0 saturated heterocycles. The SMILES string of the molecule is Cc1nc2c(O)nc3ccccc3c2n1C. The zero-order valence-electron chi connectivity index (χ0n) is 9.10. The Kier molecular flexibility index (Phi) is 1.68. The molecule has 2 heterocycles. The van der Waals surface area contributed by atoms with E-state index in [1.807, 2.05) is 42.8 Å². The number of aryl methyl sites for hydroxylation is 2. The van der Waals surface area contributed by atoms with Crippen LogP contribution in [0, 0.1) is 6.92 Å². The second-order valence-electron chi connectivity index (χ2n) is 3.87. The predicted molar refractivity (Wildman–Crippen MR) is 62.4 cm³/mol. The molecule has 80 valence electrons. The van der Waals surface area contributed by atoms with Crippen LogP contribution in [0.25, 0.3) is 21.9 Å². The first-order valence-electron chi connectivity index (χ1n) is 5.09. The van der Waals surface area contributed by atoms with E-state index in [4.69, 9.17) is 0 Å². The van der Waals surface area contributed by atoms with Gasteiger partial charge < -0.3 is 9.67 Å². The average molecular weight is 213 g/mol. The first-order chi connectivity index (χ1) is 7.68. The number of aromatic nitrogens is 3. The zero-order valence-corrected chi connectivity index (χ0v) is 9.10. The molecule has 0 aliphatic heterocycles. The fourth-order valence-electron chi connectivity index (χ4n) is 2.01. The molecular weight excluding hydrogens is 202 g/mol. The van der Waals surface area contributed by atoms with Gasteiger partial charge >= 0.3 is 0 Å². The molecule has 1 N–H and O–H groups in total. The molecule has 0 bridgehead atoms. The Morgan fingerprint density at radius 1 is 1.19 bits per heavy atom. The normalized spacial score (nSPS) is 11.4. The van der Waals surface area contributed by atoms with Crippen LogP contribution in [0.1, 0.15) is 5.82 Å². The summed E-state index contributed by atoms with van der Waals surface area (Å²) in [6.07, 6.45) is 0. The molecule has 0 radical (unpaired) electrons. The molecule has 0 atom stereocenters. The van der Waals surface area contributed by atoms with Crippen LogP contribution in [-0.4, -0.2) is 19.6 Å². The fourth-order valence-corrected chi connectivity index (χ4v) is 2.01. The van der Waals surface area contributed by atoms with Gasteiger partial charge in [-0.2, -0.15) is 0 Å². The van der Waals surface area contributed by atoms with Gasteiger partial charge in [0.15, 0.2) is 5.52 Å². The number of imidazole rings is 1. The lowest BCUT2D eigenvalue weighted by atomic mass is 10.2. The van der Waals surface area contributed by atoms with Crippen LogP contribution in [0.2, 0.25) is 0 Å². The van der Waals surface area contributed by atoms with Crippen LogP contribution in [0.5, 0.6) is 5.88 Å². The lowest BCUT2D eigenvalue weighted by molar-refractivity contribution is 0.461. The molecule has 3 aromatic rings. The van der Waals surface area contributed by atoms with Crippen molar-refractivity contribution in [1.29, 1.82) is 0 Å². The summed E-state index contributed by atoms with van der Waals surface area (Å²) in [6, 6.07) is 7.74. The Hall–Kier alpha value is -2.10. The lowest BCUT2D eigenvalue weighted by Crippen LogP contribution is -1.91. The van der Waals surface area contributed by atoms with Gasteiger partial charge in [0, 0.05) is 12.4 Å². The zero-order chi connectivity index (χ0) is 11.3. The van der Waals surface area contributed by atoms with Crippen molar-refractivity contribution < 1.29 is 5.11 Å². The standard InChI is InChI=1S/C12H11N3O/c1-7-13-10-11(15(7)2)8-5-3-4-6-9(8)14-12(10)16/h3-6H,1-2H3,(H,14,16). The largest absolute Gasteiger partial charge is 0.492 e. The van der Waals surface area contributed by atoms with Gasteiger partial charge in [-0.05, 0) is 13.0 Å². The van der Waals surface area contributed by atoms with E-state index < -0.39 is 0 Å². The first kappa shape index (κ1) is 9.15. The highest BCUT2D eigenvalue weighted by molar-refractivity contribution is 6.04. The molecule has 3 rings (SSSR count). The van der Waals surface area contributed by atoms with E-state index >= 15 is 0 Å². The summed E-state index contributed by atoms with van der Waals surface area (Å²) in [6.45, 7) is 1.91. The van der Waals surface area contributed by atoms with E-state index in [0.29, 0.717) is 5.52 Å². The molecule has 0 aliphatic carbocycles. The minimum atomic E-state index is -0.00241. The third kappa shape index (κ3) is 1.04. The number of aromatic hydroxyl groups is 1. The van der Waals surface area contributed by atoms with Crippen molar-refractivity contribution in [3.8, 4) is 5.88 Å². The number of hydrogen-bond acceptors (Lipinski definition) is 3. The van der Waals surface area contributed by atoms with Crippen LogP contribution < -0.4 is 0 Å². The second kappa shape index (κ2) is 2.95.